The zero-order chi connectivity index (χ0) is 14.4. The molecule has 0 saturated heterocycles. The van der Waals surface area contributed by atoms with E-state index in [2.05, 4.69) is 50.2 Å². The fourth-order valence-electron chi connectivity index (χ4n) is 2.29. The van der Waals surface area contributed by atoms with Crippen molar-refractivity contribution >= 4 is 0 Å². The summed E-state index contributed by atoms with van der Waals surface area (Å²) in [5.74, 6) is 0. The lowest BCUT2D eigenvalue weighted by Crippen LogP contribution is -2.23. The Labute approximate surface area is 119 Å². The second kappa shape index (κ2) is 7.14. The Bertz CT molecular complexity index is 503. The molecule has 2 rings (SSSR count). The predicted molar refractivity (Wildman–Crippen MR) is 76.2 cm³/mol. The molecule has 0 N–H and O–H groups in total. The summed E-state index contributed by atoms with van der Waals surface area (Å²) in [5, 5.41) is 15.6. The number of tetrazole rings is 1. The molecule has 0 spiro atoms. The smallest absolute Gasteiger partial charge is 0.138 e. The Morgan fingerprint density at radius 1 is 1.15 bits per heavy atom. The van der Waals surface area contributed by atoms with Crippen LogP contribution in [0.3, 0.4) is 0 Å². The van der Waals surface area contributed by atoms with Crippen molar-refractivity contribution in [3.05, 3.63) is 23.8 Å². The molecule has 0 aromatic carbocycles. The van der Waals surface area contributed by atoms with Gasteiger partial charge >= 0.3 is 0 Å². The molecule has 2 aromatic rings. The van der Waals surface area contributed by atoms with Gasteiger partial charge in [-0.15, -0.1) is 5.10 Å². The van der Waals surface area contributed by atoms with Gasteiger partial charge in [0, 0.05) is 18.8 Å². The highest BCUT2D eigenvalue weighted by molar-refractivity contribution is 5.06. The molecule has 0 fully saturated rings. The third-order valence-electron chi connectivity index (χ3n) is 3.33. The van der Waals surface area contributed by atoms with Crippen LogP contribution < -0.4 is 0 Å². The van der Waals surface area contributed by atoms with Crippen LogP contribution in [0.4, 0.5) is 0 Å². The van der Waals surface area contributed by atoms with Gasteiger partial charge in [-0.3, -0.25) is 4.68 Å². The van der Waals surface area contributed by atoms with Gasteiger partial charge in [0.15, 0.2) is 0 Å². The summed E-state index contributed by atoms with van der Waals surface area (Å²) in [4.78, 5) is 2.34. The van der Waals surface area contributed by atoms with E-state index in [9.17, 15) is 0 Å². The maximum atomic E-state index is 4.48. The Morgan fingerprint density at radius 2 is 1.90 bits per heavy atom. The normalized spacial score (nSPS) is 11.4. The minimum Gasteiger partial charge on any atom is -0.306 e. The van der Waals surface area contributed by atoms with Gasteiger partial charge in [0.25, 0.3) is 0 Å². The molecular weight excluding hydrogens is 254 g/mol. The van der Waals surface area contributed by atoms with E-state index >= 15 is 0 Å². The number of aryl methyl sites for hydroxylation is 4. The zero-order valence-corrected chi connectivity index (χ0v) is 12.5. The molecule has 0 aliphatic heterocycles. The third kappa shape index (κ3) is 4.41. The fraction of sp³-hybridized carbons (Fsp3) is 0.692. The summed E-state index contributed by atoms with van der Waals surface area (Å²) in [6, 6.07) is 2.12. The van der Waals surface area contributed by atoms with Gasteiger partial charge in [-0.1, -0.05) is 0 Å². The first kappa shape index (κ1) is 14.6. The summed E-state index contributed by atoms with van der Waals surface area (Å²) in [7, 11) is 2.15. The highest BCUT2D eigenvalue weighted by atomic mass is 15.5. The average molecular weight is 277 g/mol. The Morgan fingerprint density at radius 3 is 2.50 bits per heavy atom. The number of nitrogens with zero attached hydrogens (tertiary/aromatic N) is 7. The number of hydrogen-bond acceptors (Lipinski definition) is 5. The van der Waals surface area contributed by atoms with Crippen molar-refractivity contribution < 1.29 is 0 Å². The first-order valence-corrected chi connectivity index (χ1v) is 7.05. The van der Waals surface area contributed by atoms with E-state index in [0.29, 0.717) is 0 Å². The van der Waals surface area contributed by atoms with E-state index in [1.807, 2.05) is 6.92 Å². The van der Waals surface area contributed by atoms with E-state index in [1.54, 1.807) is 11.0 Å². The summed E-state index contributed by atoms with van der Waals surface area (Å²) < 4.78 is 3.86. The summed E-state index contributed by atoms with van der Waals surface area (Å²) >= 11 is 0. The standard InChI is InChI=1S/C13H23N7/c1-12-10-13(2)20(15-12)9-5-7-18(3)6-4-8-19-11-14-16-17-19/h10-11H,4-9H2,1-3H3. The molecular formula is C13H23N7. The van der Waals surface area contributed by atoms with Gasteiger partial charge in [0.2, 0.25) is 0 Å². The molecule has 20 heavy (non-hydrogen) atoms. The first-order valence-electron chi connectivity index (χ1n) is 7.05. The topological polar surface area (TPSA) is 64.7 Å². The lowest BCUT2D eigenvalue weighted by molar-refractivity contribution is 0.304. The quantitative estimate of drug-likeness (QED) is 0.717. The van der Waals surface area contributed by atoms with Crippen LogP contribution in [0.15, 0.2) is 12.4 Å². The van der Waals surface area contributed by atoms with Crippen molar-refractivity contribution in [3.63, 3.8) is 0 Å². The van der Waals surface area contributed by atoms with Crippen LogP contribution in [0, 0.1) is 13.8 Å². The SMILES string of the molecule is Cc1cc(C)n(CCCN(C)CCCn2cnnn2)n1. The van der Waals surface area contributed by atoms with Crippen LogP contribution in [-0.4, -0.2) is 55.0 Å². The van der Waals surface area contributed by atoms with Gasteiger partial charge in [0.05, 0.1) is 5.69 Å². The molecule has 0 atom stereocenters. The van der Waals surface area contributed by atoms with Crippen molar-refractivity contribution in [2.75, 3.05) is 20.1 Å². The molecule has 0 saturated carbocycles. The van der Waals surface area contributed by atoms with Crippen molar-refractivity contribution in [3.8, 4) is 0 Å². The van der Waals surface area contributed by atoms with E-state index in [-0.39, 0.29) is 0 Å². The highest BCUT2D eigenvalue weighted by Crippen LogP contribution is 2.03. The van der Waals surface area contributed by atoms with Crippen LogP contribution in [0.1, 0.15) is 24.2 Å². The van der Waals surface area contributed by atoms with Crippen molar-refractivity contribution in [2.45, 2.75) is 39.8 Å². The van der Waals surface area contributed by atoms with Crippen LogP contribution in [0.5, 0.6) is 0 Å². The van der Waals surface area contributed by atoms with Crippen molar-refractivity contribution in [1.29, 1.82) is 0 Å². The second-order valence-electron chi connectivity index (χ2n) is 5.23. The number of rotatable bonds is 8. The second-order valence-corrected chi connectivity index (χ2v) is 5.23. The van der Waals surface area contributed by atoms with Gasteiger partial charge in [0.1, 0.15) is 6.33 Å². The van der Waals surface area contributed by atoms with Crippen molar-refractivity contribution in [1.82, 2.24) is 34.9 Å². The minimum atomic E-state index is 0.870. The molecule has 0 unspecified atom stereocenters. The van der Waals surface area contributed by atoms with Gasteiger partial charge in [-0.25, -0.2) is 4.68 Å². The minimum absolute atomic E-state index is 0.870. The summed E-state index contributed by atoms with van der Waals surface area (Å²) in [5.41, 5.74) is 2.33. The zero-order valence-electron chi connectivity index (χ0n) is 12.5. The Hall–Kier alpha value is -1.76. The lowest BCUT2D eigenvalue weighted by atomic mass is 10.3. The van der Waals surface area contributed by atoms with Crippen LogP contribution in [0.2, 0.25) is 0 Å². The number of aromatic nitrogens is 6. The molecule has 0 radical (unpaired) electrons. The van der Waals surface area contributed by atoms with E-state index in [0.717, 1.165) is 44.7 Å². The predicted octanol–water partition coefficient (Wildman–Crippen LogP) is 0.899. The van der Waals surface area contributed by atoms with Gasteiger partial charge in [-0.05, 0) is 63.3 Å². The number of hydrogen-bond donors (Lipinski definition) is 0. The lowest BCUT2D eigenvalue weighted by Gasteiger charge is -2.16. The molecule has 0 amide bonds. The summed E-state index contributed by atoms with van der Waals surface area (Å²) in [6.45, 7) is 8.13. The summed E-state index contributed by atoms with van der Waals surface area (Å²) in [6.07, 6.45) is 3.83. The molecule has 0 aliphatic carbocycles. The molecule has 0 bridgehead atoms. The third-order valence-corrected chi connectivity index (χ3v) is 3.33. The molecule has 7 heteroatoms. The Balaban J connectivity index is 1.60. The maximum absolute atomic E-state index is 4.48. The van der Waals surface area contributed by atoms with Gasteiger partial charge < -0.3 is 4.90 Å². The molecule has 0 aliphatic rings. The maximum Gasteiger partial charge on any atom is 0.138 e. The van der Waals surface area contributed by atoms with Gasteiger partial charge in [-0.2, -0.15) is 5.10 Å². The first-order chi connectivity index (χ1) is 9.65. The molecule has 2 aromatic heterocycles. The van der Waals surface area contributed by atoms with Crippen molar-refractivity contribution in [2.24, 2.45) is 0 Å². The Kier molecular flexibility index (Phi) is 5.23. The van der Waals surface area contributed by atoms with Crippen LogP contribution >= 0.6 is 0 Å². The molecule has 2 heterocycles. The van der Waals surface area contributed by atoms with Crippen LogP contribution in [0.25, 0.3) is 0 Å². The monoisotopic (exact) mass is 277 g/mol. The van der Waals surface area contributed by atoms with E-state index < -0.39 is 0 Å². The molecule has 7 nitrogen and oxygen atoms in total. The average Bonchev–Trinajstić information content (AvgIpc) is 3.00. The molecule has 110 valence electrons. The van der Waals surface area contributed by atoms with E-state index in [4.69, 9.17) is 0 Å². The van der Waals surface area contributed by atoms with Crippen LogP contribution in [-0.2, 0) is 13.1 Å². The highest BCUT2D eigenvalue weighted by Gasteiger charge is 2.03. The largest absolute Gasteiger partial charge is 0.306 e. The fourth-order valence-corrected chi connectivity index (χ4v) is 2.29. The van der Waals surface area contributed by atoms with E-state index in [1.165, 1.54) is 5.69 Å².